The highest BCUT2D eigenvalue weighted by Crippen LogP contribution is 2.12. The molecule has 0 saturated carbocycles. The van der Waals surface area contributed by atoms with Crippen molar-refractivity contribution in [1.29, 1.82) is 0 Å². The molecule has 0 amide bonds. The van der Waals surface area contributed by atoms with E-state index in [2.05, 4.69) is 9.88 Å². The van der Waals surface area contributed by atoms with E-state index in [9.17, 15) is 4.79 Å². The van der Waals surface area contributed by atoms with Gasteiger partial charge in [0.2, 0.25) is 5.88 Å². The van der Waals surface area contributed by atoms with Gasteiger partial charge in [0.25, 0.3) is 0 Å². The van der Waals surface area contributed by atoms with Gasteiger partial charge in [-0.3, -0.25) is 14.6 Å². The molecule has 20 heavy (non-hydrogen) atoms. The summed E-state index contributed by atoms with van der Waals surface area (Å²) in [6.07, 6.45) is 0. The number of hydrogen-bond donors (Lipinski definition) is 1. The predicted octanol–water partition coefficient (Wildman–Crippen LogP) is 0.681. The van der Waals surface area contributed by atoms with Crippen LogP contribution in [0.5, 0.6) is 5.88 Å². The Kier molecular flexibility index (Phi) is 4.92. The fraction of sp³-hybridized carbons (Fsp3) is 0.571. The molecule has 1 aromatic heterocycles. The van der Waals surface area contributed by atoms with Crippen LogP contribution in [0.1, 0.15) is 12.6 Å². The van der Waals surface area contributed by atoms with E-state index in [4.69, 9.17) is 9.84 Å². The van der Waals surface area contributed by atoms with Gasteiger partial charge < -0.3 is 9.84 Å². The maximum atomic E-state index is 11.0. The normalized spacial score (nSPS) is 18.7. The van der Waals surface area contributed by atoms with E-state index in [0.29, 0.717) is 5.88 Å². The molecule has 1 aromatic rings. The standard InChI is InChI=1S/C14H21N3O3/c1-11(14(18)19)17-8-6-16(7-9-17)10-12-4-3-5-13(15-12)20-2/h3-5,11H,6-10H2,1-2H3,(H,18,19). The highest BCUT2D eigenvalue weighted by molar-refractivity contribution is 5.72. The van der Waals surface area contributed by atoms with Crippen molar-refractivity contribution in [2.45, 2.75) is 19.5 Å². The van der Waals surface area contributed by atoms with Crippen LogP contribution in [0.3, 0.4) is 0 Å². The van der Waals surface area contributed by atoms with Crippen molar-refractivity contribution in [2.24, 2.45) is 0 Å². The van der Waals surface area contributed by atoms with Crippen LogP contribution >= 0.6 is 0 Å². The molecule has 6 nitrogen and oxygen atoms in total. The van der Waals surface area contributed by atoms with Crippen LogP contribution in [0.25, 0.3) is 0 Å². The first kappa shape index (κ1) is 14.7. The Balaban J connectivity index is 1.86. The van der Waals surface area contributed by atoms with E-state index in [1.807, 2.05) is 23.1 Å². The number of aromatic nitrogens is 1. The number of carboxylic acids is 1. The molecule has 0 aromatic carbocycles. The van der Waals surface area contributed by atoms with Crippen molar-refractivity contribution >= 4 is 5.97 Å². The lowest BCUT2D eigenvalue weighted by Gasteiger charge is -2.36. The highest BCUT2D eigenvalue weighted by Gasteiger charge is 2.25. The lowest BCUT2D eigenvalue weighted by Crippen LogP contribution is -2.51. The van der Waals surface area contributed by atoms with Gasteiger partial charge in [0.05, 0.1) is 12.8 Å². The molecule has 1 unspecified atom stereocenters. The Hall–Kier alpha value is -1.66. The average molecular weight is 279 g/mol. The molecule has 1 N–H and O–H groups in total. The summed E-state index contributed by atoms with van der Waals surface area (Å²) in [6, 6.07) is 5.33. The van der Waals surface area contributed by atoms with Crippen molar-refractivity contribution in [2.75, 3.05) is 33.3 Å². The van der Waals surface area contributed by atoms with Crippen LogP contribution in [0, 0.1) is 0 Å². The molecule has 1 atom stereocenters. The number of carboxylic acid groups (broad SMARTS) is 1. The lowest BCUT2D eigenvalue weighted by atomic mass is 10.2. The van der Waals surface area contributed by atoms with Gasteiger partial charge in [-0.15, -0.1) is 0 Å². The van der Waals surface area contributed by atoms with Crippen LogP contribution in [0.4, 0.5) is 0 Å². The number of aliphatic carboxylic acids is 1. The highest BCUT2D eigenvalue weighted by atomic mass is 16.5. The molecular weight excluding hydrogens is 258 g/mol. The molecule has 1 saturated heterocycles. The third-order valence-electron chi connectivity index (χ3n) is 3.69. The van der Waals surface area contributed by atoms with E-state index >= 15 is 0 Å². The van der Waals surface area contributed by atoms with Gasteiger partial charge in [-0.25, -0.2) is 4.98 Å². The molecule has 2 heterocycles. The van der Waals surface area contributed by atoms with Crippen LogP contribution < -0.4 is 4.74 Å². The summed E-state index contributed by atoms with van der Waals surface area (Å²) in [7, 11) is 1.61. The van der Waals surface area contributed by atoms with Gasteiger partial charge in [0.1, 0.15) is 6.04 Å². The van der Waals surface area contributed by atoms with Crippen molar-refractivity contribution in [3.8, 4) is 5.88 Å². The Labute approximate surface area is 119 Å². The fourth-order valence-corrected chi connectivity index (χ4v) is 2.35. The average Bonchev–Trinajstić information content (AvgIpc) is 2.47. The Morgan fingerprint density at radius 2 is 2.10 bits per heavy atom. The fourth-order valence-electron chi connectivity index (χ4n) is 2.35. The Bertz CT molecular complexity index is 459. The molecule has 110 valence electrons. The summed E-state index contributed by atoms with van der Waals surface area (Å²) in [6.45, 7) is 5.77. The van der Waals surface area contributed by atoms with Gasteiger partial charge in [-0.1, -0.05) is 6.07 Å². The second-order valence-corrected chi connectivity index (χ2v) is 5.00. The second kappa shape index (κ2) is 6.67. The quantitative estimate of drug-likeness (QED) is 0.855. The van der Waals surface area contributed by atoms with Crippen molar-refractivity contribution in [3.05, 3.63) is 23.9 Å². The molecule has 0 spiro atoms. The van der Waals surface area contributed by atoms with E-state index < -0.39 is 12.0 Å². The van der Waals surface area contributed by atoms with Gasteiger partial charge in [-0.2, -0.15) is 0 Å². The third kappa shape index (κ3) is 3.68. The molecule has 2 rings (SSSR count). The first-order valence-electron chi connectivity index (χ1n) is 6.79. The summed E-state index contributed by atoms with van der Waals surface area (Å²) < 4.78 is 5.12. The molecule has 0 aliphatic carbocycles. The monoisotopic (exact) mass is 279 g/mol. The molecule has 1 aliphatic heterocycles. The topological polar surface area (TPSA) is 65.9 Å². The number of rotatable bonds is 5. The third-order valence-corrected chi connectivity index (χ3v) is 3.69. The summed E-state index contributed by atoms with van der Waals surface area (Å²) in [5, 5.41) is 9.01. The van der Waals surface area contributed by atoms with Crippen molar-refractivity contribution < 1.29 is 14.6 Å². The number of piperazine rings is 1. The number of pyridine rings is 1. The zero-order chi connectivity index (χ0) is 14.5. The molecule has 0 radical (unpaired) electrons. The number of methoxy groups -OCH3 is 1. The van der Waals surface area contributed by atoms with Gasteiger partial charge in [-0.05, 0) is 13.0 Å². The molecule has 1 aliphatic rings. The maximum absolute atomic E-state index is 11.0. The molecule has 6 heteroatoms. The van der Waals surface area contributed by atoms with Crippen LogP contribution in [-0.2, 0) is 11.3 Å². The molecular formula is C14H21N3O3. The van der Waals surface area contributed by atoms with Gasteiger partial charge >= 0.3 is 5.97 Å². The number of nitrogens with zero attached hydrogens (tertiary/aromatic N) is 3. The summed E-state index contributed by atoms with van der Waals surface area (Å²) in [5.74, 6) is -0.131. The minimum atomic E-state index is -0.757. The van der Waals surface area contributed by atoms with Crippen molar-refractivity contribution in [1.82, 2.24) is 14.8 Å². The first-order chi connectivity index (χ1) is 9.60. The largest absolute Gasteiger partial charge is 0.481 e. The zero-order valence-electron chi connectivity index (χ0n) is 12.0. The van der Waals surface area contributed by atoms with Gasteiger partial charge in [0.15, 0.2) is 0 Å². The predicted molar refractivity (Wildman–Crippen MR) is 74.7 cm³/mol. The SMILES string of the molecule is COc1cccc(CN2CCN(C(C)C(=O)O)CC2)n1. The van der Waals surface area contributed by atoms with E-state index in [1.165, 1.54) is 0 Å². The van der Waals surface area contributed by atoms with Crippen LogP contribution in [0.2, 0.25) is 0 Å². The molecule has 0 bridgehead atoms. The summed E-state index contributed by atoms with van der Waals surface area (Å²) >= 11 is 0. The smallest absolute Gasteiger partial charge is 0.320 e. The zero-order valence-corrected chi connectivity index (χ0v) is 12.0. The van der Waals surface area contributed by atoms with E-state index in [1.54, 1.807) is 14.0 Å². The Morgan fingerprint density at radius 1 is 1.40 bits per heavy atom. The van der Waals surface area contributed by atoms with Gasteiger partial charge in [0, 0.05) is 38.8 Å². The van der Waals surface area contributed by atoms with E-state index in [0.717, 1.165) is 38.4 Å². The maximum Gasteiger partial charge on any atom is 0.320 e. The number of ether oxygens (including phenoxy) is 1. The van der Waals surface area contributed by atoms with Crippen molar-refractivity contribution in [3.63, 3.8) is 0 Å². The second-order valence-electron chi connectivity index (χ2n) is 5.00. The first-order valence-corrected chi connectivity index (χ1v) is 6.79. The van der Waals surface area contributed by atoms with Crippen LogP contribution in [0.15, 0.2) is 18.2 Å². The number of carbonyl (C=O) groups is 1. The minimum absolute atomic E-state index is 0.410. The summed E-state index contributed by atoms with van der Waals surface area (Å²) in [4.78, 5) is 19.6. The Morgan fingerprint density at radius 3 is 2.70 bits per heavy atom. The lowest BCUT2D eigenvalue weighted by molar-refractivity contribution is -0.143. The molecule has 1 fully saturated rings. The van der Waals surface area contributed by atoms with E-state index in [-0.39, 0.29) is 0 Å². The van der Waals surface area contributed by atoms with Crippen LogP contribution in [-0.4, -0.2) is 65.2 Å². The minimum Gasteiger partial charge on any atom is -0.481 e. The summed E-state index contributed by atoms with van der Waals surface area (Å²) in [5.41, 5.74) is 0.976. The number of hydrogen-bond acceptors (Lipinski definition) is 5.